The zero-order valence-corrected chi connectivity index (χ0v) is 15.3. The largest absolute Gasteiger partial charge is 0.433 e. The van der Waals surface area contributed by atoms with Gasteiger partial charge in [0.15, 0.2) is 5.96 Å². The van der Waals surface area contributed by atoms with Gasteiger partial charge in [0.05, 0.1) is 6.54 Å². The fourth-order valence-corrected chi connectivity index (χ4v) is 2.52. The van der Waals surface area contributed by atoms with E-state index in [1.807, 2.05) is 18.2 Å². The third kappa shape index (κ3) is 5.83. The number of alkyl halides is 3. The number of nitrogens with zero attached hydrogens (tertiary/aromatic N) is 3. The van der Waals surface area contributed by atoms with Gasteiger partial charge in [-0.3, -0.25) is 4.99 Å². The van der Waals surface area contributed by atoms with Crippen molar-refractivity contribution in [2.75, 3.05) is 23.7 Å². The number of nitrogens with one attached hydrogen (secondary N) is 2. The number of anilines is 2. The highest BCUT2D eigenvalue weighted by Gasteiger charge is 2.32. The molecule has 1 heterocycles. The average molecular weight is 380 g/mol. The Morgan fingerprint density at radius 3 is 2.41 bits per heavy atom. The van der Waals surface area contributed by atoms with E-state index in [1.54, 1.807) is 0 Å². The van der Waals surface area contributed by atoms with Crippen molar-refractivity contribution in [2.45, 2.75) is 32.9 Å². The maximum absolute atomic E-state index is 12.6. The third-order valence-electron chi connectivity index (χ3n) is 3.87. The molecule has 6 nitrogen and oxygen atoms in total. The van der Waals surface area contributed by atoms with Crippen LogP contribution >= 0.6 is 0 Å². The van der Waals surface area contributed by atoms with E-state index in [2.05, 4.69) is 39.4 Å². The molecule has 0 radical (unpaired) electrons. The Morgan fingerprint density at radius 1 is 1.15 bits per heavy atom. The van der Waals surface area contributed by atoms with Crippen molar-refractivity contribution in [3.8, 4) is 0 Å². The Bertz CT molecular complexity index is 767. The summed E-state index contributed by atoms with van der Waals surface area (Å²) in [5.41, 5.74) is 8.19. The van der Waals surface area contributed by atoms with Crippen LogP contribution < -0.4 is 16.4 Å². The number of aromatic nitrogens is 2. The van der Waals surface area contributed by atoms with Crippen LogP contribution in [0.25, 0.3) is 0 Å². The van der Waals surface area contributed by atoms with Crippen LogP contribution in [-0.2, 0) is 19.0 Å². The normalized spacial score (nSPS) is 12.1. The number of nitrogens with two attached hydrogens (primary N) is 1. The van der Waals surface area contributed by atoms with Gasteiger partial charge in [0.25, 0.3) is 0 Å². The van der Waals surface area contributed by atoms with Crippen molar-refractivity contribution in [2.24, 2.45) is 10.7 Å². The van der Waals surface area contributed by atoms with Gasteiger partial charge in [0.1, 0.15) is 5.69 Å². The molecule has 0 amide bonds. The lowest BCUT2D eigenvalue weighted by Crippen LogP contribution is -2.25. The van der Waals surface area contributed by atoms with Crippen molar-refractivity contribution in [3.63, 3.8) is 0 Å². The summed E-state index contributed by atoms with van der Waals surface area (Å²) in [6, 6.07) is 6.89. The number of rotatable bonds is 7. The molecule has 1 aromatic heterocycles. The summed E-state index contributed by atoms with van der Waals surface area (Å²) in [6.45, 7) is 4.63. The molecule has 0 aliphatic carbocycles. The summed E-state index contributed by atoms with van der Waals surface area (Å²) < 4.78 is 37.9. The summed E-state index contributed by atoms with van der Waals surface area (Å²) in [6.07, 6.45) is -1.73. The predicted octanol–water partition coefficient (Wildman–Crippen LogP) is 3.46. The van der Waals surface area contributed by atoms with Gasteiger partial charge in [-0.25, -0.2) is 9.97 Å². The Morgan fingerprint density at radius 2 is 1.81 bits per heavy atom. The van der Waals surface area contributed by atoms with Gasteiger partial charge in [-0.2, -0.15) is 13.2 Å². The molecule has 0 aliphatic rings. The first kappa shape index (κ1) is 20.5. The van der Waals surface area contributed by atoms with Gasteiger partial charge in [-0.15, -0.1) is 0 Å². The number of para-hydroxylation sites is 1. The maximum Gasteiger partial charge on any atom is 0.433 e. The van der Waals surface area contributed by atoms with Crippen LogP contribution in [0.2, 0.25) is 0 Å². The number of hydrogen-bond acceptors (Lipinski definition) is 4. The Labute approximate surface area is 156 Å². The van der Waals surface area contributed by atoms with Crippen LogP contribution in [0.5, 0.6) is 0 Å². The van der Waals surface area contributed by atoms with Crippen molar-refractivity contribution >= 4 is 17.6 Å². The fraction of sp³-hybridized carbons (Fsp3) is 0.389. The lowest BCUT2D eigenvalue weighted by Gasteiger charge is -2.15. The average Bonchev–Trinajstić information content (AvgIpc) is 2.65. The lowest BCUT2D eigenvalue weighted by molar-refractivity contribution is -0.141. The second-order valence-electron chi connectivity index (χ2n) is 5.74. The Kier molecular flexibility index (Phi) is 6.98. The van der Waals surface area contributed by atoms with Crippen LogP contribution in [-0.4, -0.2) is 29.0 Å². The number of hydrogen-bond donors (Lipinski definition) is 3. The lowest BCUT2D eigenvalue weighted by atomic mass is 10.0. The van der Waals surface area contributed by atoms with E-state index in [9.17, 15) is 13.2 Å². The van der Waals surface area contributed by atoms with E-state index in [0.717, 1.165) is 41.9 Å². The zero-order valence-electron chi connectivity index (χ0n) is 15.3. The summed E-state index contributed by atoms with van der Waals surface area (Å²) in [4.78, 5) is 11.4. The highest BCUT2D eigenvalue weighted by molar-refractivity contribution is 5.93. The van der Waals surface area contributed by atoms with Crippen LogP contribution in [0.1, 0.15) is 30.7 Å². The van der Waals surface area contributed by atoms with Gasteiger partial charge in [0.2, 0.25) is 5.95 Å². The molecule has 0 saturated carbocycles. The molecule has 9 heteroatoms. The minimum Gasteiger partial charge on any atom is -0.370 e. The molecule has 2 aromatic rings. The second kappa shape index (κ2) is 9.20. The van der Waals surface area contributed by atoms with Crippen molar-refractivity contribution in [1.29, 1.82) is 0 Å². The minimum atomic E-state index is -4.50. The molecule has 2 rings (SSSR count). The number of aryl methyl sites for hydroxylation is 2. The molecule has 0 bridgehead atoms. The molecule has 0 fully saturated rings. The molecule has 0 unspecified atom stereocenters. The number of benzene rings is 1. The van der Waals surface area contributed by atoms with Crippen molar-refractivity contribution in [3.05, 3.63) is 47.3 Å². The van der Waals surface area contributed by atoms with Gasteiger partial charge >= 0.3 is 6.18 Å². The molecular weight excluding hydrogens is 357 g/mol. The van der Waals surface area contributed by atoms with E-state index in [0.29, 0.717) is 0 Å². The van der Waals surface area contributed by atoms with Crippen LogP contribution in [0.3, 0.4) is 0 Å². The zero-order chi connectivity index (χ0) is 19.9. The molecule has 0 saturated heterocycles. The first-order valence-corrected chi connectivity index (χ1v) is 8.67. The standard InChI is InChI=1S/C18H23F3N6/c1-3-12-6-5-7-13(4-2)15(12)27-16(22)23-10-11-25-17-24-9-8-14(26-17)18(19,20)21/h5-9H,3-4,10-11H2,1-2H3,(H3,22,23,27)(H,24,25,26). The van der Waals surface area contributed by atoms with Crippen molar-refractivity contribution in [1.82, 2.24) is 9.97 Å². The fourth-order valence-electron chi connectivity index (χ4n) is 2.52. The summed E-state index contributed by atoms with van der Waals surface area (Å²) in [5, 5.41) is 5.84. The highest BCUT2D eigenvalue weighted by atomic mass is 19.4. The quantitative estimate of drug-likeness (QED) is 0.389. The maximum atomic E-state index is 12.6. The van der Waals surface area contributed by atoms with E-state index < -0.39 is 11.9 Å². The molecule has 0 atom stereocenters. The highest BCUT2D eigenvalue weighted by Crippen LogP contribution is 2.27. The van der Waals surface area contributed by atoms with E-state index in [1.165, 1.54) is 0 Å². The second-order valence-corrected chi connectivity index (χ2v) is 5.74. The number of aliphatic imine (C=N–C) groups is 1. The first-order valence-electron chi connectivity index (χ1n) is 8.67. The molecule has 146 valence electrons. The van der Waals surface area contributed by atoms with Crippen LogP contribution in [0, 0.1) is 0 Å². The molecule has 0 spiro atoms. The molecule has 4 N–H and O–H groups in total. The monoisotopic (exact) mass is 380 g/mol. The minimum absolute atomic E-state index is 0.101. The van der Waals surface area contributed by atoms with Crippen molar-refractivity contribution < 1.29 is 13.2 Å². The van der Waals surface area contributed by atoms with Crippen LogP contribution in [0.15, 0.2) is 35.5 Å². The number of guanidine groups is 1. The molecular formula is C18H23F3N6. The topological polar surface area (TPSA) is 88.2 Å². The van der Waals surface area contributed by atoms with Gasteiger partial charge in [0, 0.05) is 18.4 Å². The van der Waals surface area contributed by atoms with Gasteiger partial charge in [-0.1, -0.05) is 32.0 Å². The van der Waals surface area contributed by atoms with Gasteiger partial charge in [-0.05, 0) is 30.0 Å². The smallest absolute Gasteiger partial charge is 0.370 e. The molecule has 1 aromatic carbocycles. The number of halogens is 3. The summed E-state index contributed by atoms with van der Waals surface area (Å²) in [5.74, 6) is 0.147. The van der Waals surface area contributed by atoms with Gasteiger partial charge < -0.3 is 16.4 Å². The SMILES string of the molecule is CCc1cccc(CC)c1NC(N)=NCCNc1nccc(C(F)(F)F)n1. The summed E-state index contributed by atoms with van der Waals surface area (Å²) >= 11 is 0. The molecule has 0 aliphatic heterocycles. The van der Waals surface area contributed by atoms with E-state index in [-0.39, 0.29) is 25.0 Å². The third-order valence-corrected chi connectivity index (χ3v) is 3.87. The first-order chi connectivity index (χ1) is 12.8. The predicted molar refractivity (Wildman–Crippen MR) is 101 cm³/mol. The van der Waals surface area contributed by atoms with E-state index in [4.69, 9.17) is 5.73 Å². The van der Waals surface area contributed by atoms with E-state index >= 15 is 0 Å². The van der Waals surface area contributed by atoms with Crippen LogP contribution in [0.4, 0.5) is 24.8 Å². The summed E-state index contributed by atoms with van der Waals surface area (Å²) in [7, 11) is 0. The Hall–Kier alpha value is -2.84. The molecule has 27 heavy (non-hydrogen) atoms. The Balaban J connectivity index is 1.94.